The van der Waals surface area contributed by atoms with Gasteiger partial charge in [0.1, 0.15) is 11.5 Å². The van der Waals surface area contributed by atoms with Gasteiger partial charge in [0.15, 0.2) is 11.6 Å². The molecular formula is C20H25N3O4. The van der Waals surface area contributed by atoms with Crippen molar-refractivity contribution in [3.8, 4) is 0 Å². The molecular weight excluding hydrogens is 346 g/mol. The lowest BCUT2D eigenvalue weighted by molar-refractivity contribution is 0.0698. The monoisotopic (exact) mass is 371 g/mol. The molecule has 0 atom stereocenters. The van der Waals surface area contributed by atoms with Crippen LogP contribution < -0.4 is 0 Å². The fourth-order valence-electron chi connectivity index (χ4n) is 4.00. The van der Waals surface area contributed by atoms with Crippen LogP contribution in [0.3, 0.4) is 0 Å². The van der Waals surface area contributed by atoms with E-state index in [9.17, 15) is 9.59 Å². The van der Waals surface area contributed by atoms with Gasteiger partial charge in [-0.15, -0.1) is 0 Å². The van der Waals surface area contributed by atoms with Gasteiger partial charge in [-0.3, -0.25) is 9.59 Å². The van der Waals surface area contributed by atoms with Crippen molar-refractivity contribution in [2.24, 2.45) is 0 Å². The summed E-state index contributed by atoms with van der Waals surface area (Å²) in [5, 5.41) is 4.04. The van der Waals surface area contributed by atoms with Gasteiger partial charge in [-0.05, 0) is 26.2 Å². The average Bonchev–Trinajstić information content (AvgIpc) is 3.26. The van der Waals surface area contributed by atoms with Crippen LogP contribution in [0.2, 0.25) is 0 Å². The van der Waals surface area contributed by atoms with Gasteiger partial charge >= 0.3 is 0 Å². The Kier molecular flexibility index (Phi) is 4.61. The molecule has 0 unspecified atom stereocenters. The highest BCUT2D eigenvalue weighted by molar-refractivity contribution is 6.10. The Labute approximate surface area is 158 Å². The number of hydrogen-bond donors (Lipinski definition) is 0. The van der Waals surface area contributed by atoms with Crippen LogP contribution in [0.4, 0.5) is 0 Å². The highest BCUT2D eigenvalue weighted by Crippen LogP contribution is 2.33. The lowest BCUT2D eigenvalue weighted by Gasteiger charge is -2.30. The lowest BCUT2D eigenvalue weighted by Crippen LogP contribution is -2.38. The van der Waals surface area contributed by atoms with Crippen LogP contribution in [-0.4, -0.2) is 39.8 Å². The number of fused-ring (bicyclic) bond motifs is 1. The topological polar surface area (TPSA) is 89.4 Å². The van der Waals surface area contributed by atoms with Gasteiger partial charge in [0, 0.05) is 37.8 Å². The summed E-state index contributed by atoms with van der Waals surface area (Å²) in [5.41, 5.74) is 0.984. The highest BCUT2D eigenvalue weighted by Gasteiger charge is 2.34. The first kappa shape index (κ1) is 17.9. The standard InChI is InChI=1S/C20H25N3O4/c1-11(2)18-21-19(27-22-18)13-7-9-23(10-8-13)20(25)16-12(3)26-15-6-4-5-14(24)17(15)16/h11,13H,4-10H2,1-3H3. The summed E-state index contributed by atoms with van der Waals surface area (Å²) < 4.78 is 11.2. The largest absolute Gasteiger partial charge is 0.465 e. The molecule has 0 spiro atoms. The van der Waals surface area contributed by atoms with Gasteiger partial charge in [-0.2, -0.15) is 4.98 Å². The van der Waals surface area contributed by atoms with Crippen LogP contribution in [0.15, 0.2) is 8.94 Å². The molecule has 2 aromatic rings. The van der Waals surface area contributed by atoms with Crippen molar-refractivity contribution in [2.75, 3.05) is 13.1 Å². The fraction of sp³-hybridized carbons (Fsp3) is 0.600. The van der Waals surface area contributed by atoms with Crippen molar-refractivity contribution < 1.29 is 18.5 Å². The summed E-state index contributed by atoms with van der Waals surface area (Å²) >= 11 is 0. The van der Waals surface area contributed by atoms with Gasteiger partial charge in [0.25, 0.3) is 5.91 Å². The Morgan fingerprint density at radius 3 is 2.63 bits per heavy atom. The molecule has 1 aliphatic heterocycles. The molecule has 4 rings (SSSR count). The zero-order chi connectivity index (χ0) is 19.1. The average molecular weight is 371 g/mol. The van der Waals surface area contributed by atoms with E-state index in [4.69, 9.17) is 8.94 Å². The maximum absolute atomic E-state index is 13.1. The molecule has 0 radical (unpaired) electrons. The smallest absolute Gasteiger partial charge is 0.258 e. The third-order valence-electron chi connectivity index (χ3n) is 5.56. The van der Waals surface area contributed by atoms with Gasteiger partial charge in [0.2, 0.25) is 5.89 Å². The number of nitrogens with zero attached hydrogens (tertiary/aromatic N) is 3. The first-order valence-corrected chi connectivity index (χ1v) is 9.74. The Hall–Kier alpha value is -2.44. The van der Waals surface area contributed by atoms with Crippen molar-refractivity contribution >= 4 is 11.7 Å². The van der Waals surface area contributed by atoms with Crippen LogP contribution in [-0.2, 0) is 6.42 Å². The lowest BCUT2D eigenvalue weighted by atomic mass is 9.91. The second-order valence-electron chi connectivity index (χ2n) is 7.82. The van der Waals surface area contributed by atoms with Crippen LogP contribution in [0, 0.1) is 6.92 Å². The SMILES string of the molecule is Cc1oc2c(c1C(=O)N1CCC(c3nc(C(C)C)no3)CC1)C(=O)CCC2. The maximum Gasteiger partial charge on any atom is 0.258 e. The minimum Gasteiger partial charge on any atom is -0.465 e. The van der Waals surface area contributed by atoms with E-state index in [1.54, 1.807) is 6.92 Å². The molecule has 2 aromatic heterocycles. The number of Topliss-reactive ketones (excluding diaryl/α,β-unsaturated/α-hetero) is 1. The summed E-state index contributed by atoms with van der Waals surface area (Å²) in [6.07, 6.45) is 3.56. The number of likely N-dealkylation sites (tertiary alicyclic amines) is 1. The molecule has 2 aliphatic rings. The second kappa shape index (κ2) is 6.94. The zero-order valence-corrected chi connectivity index (χ0v) is 16.1. The fourth-order valence-corrected chi connectivity index (χ4v) is 4.00. The van der Waals surface area contributed by atoms with E-state index in [1.807, 2.05) is 18.7 Å². The minimum absolute atomic E-state index is 0.0263. The van der Waals surface area contributed by atoms with Crippen molar-refractivity contribution in [3.05, 3.63) is 34.4 Å². The quantitative estimate of drug-likeness (QED) is 0.818. The van der Waals surface area contributed by atoms with Crippen molar-refractivity contribution in [1.29, 1.82) is 0 Å². The number of piperidine rings is 1. The van der Waals surface area contributed by atoms with E-state index < -0.39 is 0 Å². The molecule has 27 heavy (non-hydrogen) atoms. The third-order valence-corrected chi connectivity index (χ3v) is 5.56. The van der Waals surface area contributed by atoms with E-state index >= 15 is 0 Å². The molecule has 144 valence electrons. The maximum atomic E-state index is 13.1. The second-order valence-corrected chi connectivity index (χ2v) is 7.82. The molecule has 1 fully saturated rings. The molecule has 1 saturated heterocycles. The van der Waals surface area contributed by atoms with E-state index in [2.05, 4.69) is 10.1 Å². The van der Waals surface area contributed by atoms with E-state index in [-0.39, 0.29) is 23.5 Å². The number of furan rings is 1. The van der Waals surface area contributed by atoms with Crippen molar-refractivity contribution in [2.45, 2.75) is 64.7 Å². The Morgan fingerprint density at radius 2 is 1.96 bits per heavy atom. The molecule has 1 amide bonds. The number of rotatable bonds is 3. The summed E-state index contributed by atoms with van der Waals surface area (Å²) in [7, 11) is 0. The zero-order valence-electron chi connectivity index (χ0n) is 16.1. The van der Waals surface area contributed by atoms with Crippen molar-refractivity contribution in [3.63, 3.8) is 0 Å². The summed E-state index contributed by atoms with van der Waals surface area (Å²) in [5.74, 6) is 2.96. The predicted molar refractivity (Wildman–Crippen MR) is 97.0 cm³/mol. The molecule has 3 heterocycles. The first-order chi connectivity index (χ1) is 13.0. The van der Waals surface area contributed by atoms with Crippen LogP contribution in [0.1, 0.15) is 95.3 Å². The number of aromatic nitrogens is 2. The molecule has 0 saturated carbocycles. The number of hydrogen-bond acceptors (Lipinski definition) is 6. The molecule has 0 bridgehead atoms. The Bertz CT molecular complexity index is 872. The Balaban J connectivity index is 1.48. The van der Waals surface area contributed by atoms with Gasteiger partial charge < -0.3 is 13.8 Å². The molecule has 7 heteroatoms. The summed E-state index contributed by atoms with van der Waals surface area (Å²) in [6, 6.07) is 0. The minimum atomic E-state index is -0.0976. The number of carbonyl (C=O) groups excluding carboxylic acids is 2. The summed E-state index contributed by atoms with van der Waals surface area (Å²) in [4.78, 5) is 31.8. The van der Waals surface area contributed by atoms with E-state index in [0.29, 0.717) is 48.0 Å². The first-order valence-electron chi connectivity index (χ1n) is 9.74. The summed E-state index contributed by atoms with van der Waals surface area (Å²) in [6.45, 7) is 7.06. The normalized spacial score (nSPS) is 18.2. The number of carbonyl (C=O) groups is 2. The highest BCUT2D eigenvalue weighted by atomic mass is 16.5. The van der Waals surface area contributed by atoms with Gasteiger partial charge in [0.05, 0.1) is 11.1 Å². The molecule has 7 nitrogen and oxygen atoms in total. The van der Waals surface area contributed by atoms with Crippen LogP contribution in [0.25, 0.3) is 0 Å². The number of aryl methyl sites for hydroxylation is 2. The third kappa shape index (κ3) is 3.19. The van der Waals surface area contributed by atoms with Crippen molar-refractivity contribution in [1.82, 2.24) is 15.0 Å². The molecule has 0 aromatic carbocycles. The molecule has 1 aliphatic carbocycles. The van der Waals surface area contributed by atoms with Crippen LogP contribution >= 0.6 is 0 Å². The Morgan fingerprint density at radius 1 is 1.22 bits per heavy atom. The van der Waals surface area contributed by atoms with Crippen LogP contribution in [0.5, 0.6) is 0 Å². The molecule has 0 N–H and O–H groups in total. The van der Waals surface area contributed by atoms with E-state index in [1.165, 1.54) is 0 Å². The number of ketones is 1. The van der Waals surface area contributed by atoms with Gasteiger partial charge in [-0.25, -0.2) is 0 Å². The van der Waals surface area contributed by atoms with E-state index in [0.717, 1.165) is 31.5 Å². The predicted octanol–water partition coefficient (Wildman–Crippen LogP) is 3.63. The number of amides is 1. The van der Waals surface area contributed by atoms with Gasteiger partial charge in [-0.1, -0.05) is 19.0 Å².